The van der Waals surface area contributed by atoms with Crippen molar-refractivity contribution >= 4 is 43.3 Å². The lowest BCUT2D eigenvalue weighted by molar-refractivity contribution is 0.0600. The number of carbonyl (C=O) groups excluding carboxylic acids is 2. The standard InChI is InChI=1S/C20H20N2O5S2/c1-4-22-16-10-9-14(19(24)27-3)12-17(16)28-20(22)21-18(23)13-7-6-8-15(11-13)29(25,26)5-2/h6-12H,4-5H2,1-3H3. The Labute approximate surface area is 172 Å². The van der Waals surface area contributed by atoms with Crippen molar-refractivity contribution in [3.8, 4) is 0 Å². The van der Waals surface area contributed by atoms with Gasteiger partial charge in [0.2, 0.25) is 0 Å². The van der Waals surface area contributed by atoms with Crippen LogP contribution < -0.4 is 4.80 Å². The number of ether oxygens (including phenoxy) is 1. The Balaban J connectivity index is 2.09. The predicted octanol–water partition coefficient (Wildman–Crippen LogP) is 3.04. The van der Waals surface area contributed by atoms with Crippen molar-refractivity contribution in [1.82, 2.24) is 4.57 Å². The van der Waals surface area contributed by atoms with Gasteiger partial charge in [-0.2, -0.15) is 4.99 Å². The lowest BCUT2D eigenvalue weighted by Crippen LogP contribution is -2.16. The summed E-state index contributed by atoms with van der Waals surface area (Å²) in [6, 6.07) is 11.1. The van der Waals surface area contributed by atoms with Gasteiger partial charge in [0.25, 0.3) is 5.91 Å². The number of methoxy groups -OCH3 is 1. The van der Waals surface area contributed by atoms with E-state index in [1.165, 1.54) is 36.6 Å². The number of hydrogen-bond acceptors (Lipinski definition) is 6. The van der Waals surface area contributed by atoms with E-state index >= 15 is 0 Å². The fourth-order valence-electron chi connectivity index (χ4n) is 2.85. The lowest BCUT2D eigenvalue weighted by Gasteiger charge is -2.03. The summed E-state index contributed by atoms with van der Waals surface area (Å²) in [5.41, 5.74) is 1.47. The molecule has 1 amide bonds. The molecular formula is C20H20N2O5S2. The van der Waals surface area contributed by atoms with E-state index in [4.69, 9.17) is 4.74 Å². The van der Waals surface area contributed by atoms with Gasteiger partial charge in [0.15, 0.2) is 14.6 Å². The highest BCUT2D eigenvalue weighted by Gasteiger charge is 2.15. The molecule has 0 N–H and O–H groups in total. The molecule has 29 heavy (non-hydrogen) atoms. The molecule has 7 nitrogen and oxygen atoms in total. The van der Waals surface area contributed by atoms with Gasteiger partial charge in [-0.1, -0.05) is 24.3 Å². The molecule has 0 radical (unpaired) electrons. The van der Waals surface area contributed by atoms with E-state index in [-0.39, 0.29) is 16.2 Å². The minimum Gasteiger partial charge on any atom is -0.465 e. The molecule has 0 fully saturated rings. The van der Waals surface area contributed by atoms with Gasteiger partial charge in [0.1, 0.15) is 0 Å². The second-order valence-electron chi connectivity index (χ2n) is 6.15. The van der Waals surface area contributed by atoms with Crippen LogP contribution in [-0.2, 0) is 21.1 Å². The quantitative estimate of drug-likeness (QED) is 0.578. The number of benzene rings is 2. The molecular weight excluding hydrogens is 412 g/mol. The second-order valence-corrected chi connectivity index (χ2v) is 9.44. The Kier molecular flexibility index (Phi) is 5.99. The van der Waals surface area contributed by atoms with E-state index in [0.29, 0.717) is 16.9 Å². The van der Waals surface area contributed by atoms with Crippen LogP contribution in [0.5, 0.6) is 0 Å². The van der Waals surface area contributed by atoms with Crippen molar-refractivity contribution in [2.24, 2.45) is 4.99 Å². The maximum Gasteiger partial charge on any atom is 0.337 e. The summed E-state index contributed by atoms with van der Waals surface area (Å²) in [4.78, 5) is 29.3. The third kappa shape index (κ3) is 4.15. The number of rotatable bonds is 5. The van der Waals surface area contributed by atoms with Crippen LogP contribution in [0.4, 0.5) is 0 Å². The highest BCUT2D eigenvalue weighted by Crippen LogP contribution is 2.20. The minimum absolute atomic E-state index is 0.0452. The number of amides is 1. The molecule has 0 spiro atoms. The molecule has 152 valence electrons. The van der Waals surface area contributed by atoms with Crippen LogP contribution in [0.1, 0.15) is 34.6 Å². The molecule has 0 bridgehead atoms. The van der Waals surface area contributed by atoms with Gasteiger partial charge in [0, 0.05) is 12.1 Å². The molecule has 2 aromatic carbocycles. The molecule has 0 saturated heterocycles. The van der Waals surface area contributed by atoms with Crippen LogP contribution in [0.3, 0.4) is 0 Å². The highest BCUT2D eigenvalue weighted by molar-refractivity contribution is 7.91. The van der Waals surface area contributed by atoms with Crippen LogP contribution in [0.25, 0.3) is 10.2 Å². The average Bonchev–Trinajstić information content (AvgIpc) is 3.09. The summed E-state index contributed by atoms with van der Waals surface area (Å²) in [6.07, 6.45) is 0. The molecule has 0 saturated carbocycles. The fourth-order valence-corrected chi connectivity index (χ4v) is 4.91. The van der Waals surface area contributed by atoms with Gasteiger partial charge in [-0.05, 0) is 43.3 Å². The van der Waals surface area contributed by atoms with Gasteiger partial charge in [-0.3, -0.25) is 4.79 Å². The van der Waals surface area contributed by atoms with E-state index in [0.717, 1.165) is 10.2 Å². The Hall–Kier alpha value is -2.78. The SMILES string of the molecule is CCn1c(=NC(=O)c2cccc(S(=O)(=O)CC)c2)sc2cc(C(=O)OC)ccc21. The number of aryl methyl sites for hydroxylation is 1. The summed E-state index contributed by atoms with van der Waals surface area (Å²) in [5.74, 6) is -1.01. The molecule has 3 rings (SSSR count). The summed E-state index contributed by atoms with van der Waals surface area (Å²) in [6.45, 7) is 4.06. The normalized spacial score (nSPS) is 12.3. The van der Waals surface area contributed by atoms with E-state index in [9.17, 15) is 18.0 Å². The Morgan fingerprint density at radius 2 is 1.86 bits per heavy atom. The first-order chi connectivity index (χ1) is 13.8. The number of nitrogens with zero attached hydrogens (tertiary/aromatic N) is 2. The zero-order chi connectivity index (χ0) is 21.2. The molecule has 0 aliphatic rings. The van der Waals surface area contributed by atoms with Crippen molar-refractivity contribution in [2.45, 2.75) is 25.3 Å². The van der Waals surface area contributed by atoms with Crippen molar-refractivity contribution in [2.75, 3.05) is 12.9 Å². The molecule has 0 unspecified atom stereocenters. The number of aromatic nitrogens is 1. The van der Waals surface area contributed by atoms with E-state index < -0.39 is 21.7 Å². The number of esters is 1. The third-order valence-electron chi connectivity index (χ3n) is 4.44. The summed E-state index contributed by atoms with van der Waals surface area (Å²) in [7, 11) is -2.10. The Bertz CT molecular complexity index is 1270. The molecule has 0 atom stereocenters. The minimum atomic E-state index is -3.42. The fraction of sp³-hybridized carbons (Fsp3) is 0.250. The van der Waals surface area contributed by atoms with Crippen molar-refractivity contribution in [1.29, 1.82) is 0 Å². The first kappa shape index (κ1) is 20.9. The van der Waals surface area contributed by atoms with Crippen LogP contribution in [-0.4, -0.2) is 37.7 Å². The summed E-state index contributed by atoms with van der Waals surface area (Å²) >= 11 is 1.28. The first-order valence-corrected chi connectivity index (χ1v) is 11.4. The average molecular weight is 433 g/mol. The highest BCUT2D eigenvalue weighted by atomic mass is 32.2. The zero-order valence-corrected chi connectivity index (χ0v) is 17.8. The monoisotopic (exact) mass is 432 g/mol. The third-order valence-corrected chi connectivity index (χ3v) is 7.21. The van der Waals surface area contributed by atoms with Crippen molar-refractivity contribution in [3.63, 3.8) is 0 Å². The van der Waals surface area contributed by atoms with E-state index in [2.05, 4.69) is 4.99 Å². The largest absolute Gasteiger partial charge is 0.465 e. The van der Waals surface area contributed by atoms with Crippen LogP contribution in [0.15, 0.2) is 52.4 Å². The van der Waals surface area contributed by atoms with Crippen LogP contribution >= 0.6 is 11.3 Å². The zero-order valence-electron chi connectivity index (χ0n) is 16.2. The Morgan fingerprint density at radius 3 is 2.52 bits per heavy atom. The van der Waals surface area contributed by atoms with Gasteiger partial charge >= 0.3 is 5.97 Å². The van der Waals surface area contributed by atoms with Gasteiger partial charge in [-0.15, -0.1) is 0 Å². The smallest absolute Gasteiger partial charge is 0.337 e. The molecule has 0 aliphatic heterocycles. The number of thiazole rings is 1. The van der Waals surface area contributed by atoms with Gasteiger partial charge < -0.3 is 9.30 Å². The molecule has 1 heterocycles. The topological polar surface area (TPSA) is 94.8 Å². The van der Waals surface area contributed by atoms with E-state index in [1.807, 2.05) is 11.5 Å². The molecule has 0 aliphatic carbocycles. The number of carbonyl (C=O) groups is 2. The first-order valence-electron chi connectivity index (χ1n) is 8.94. The maximum absolute atomic E-state index is 12.7. The predicted molar refractivity (Wildman–Crippen MR) is 111 cm³/mol. The molecule has 3 aromatic rings. The van der Waals surface area contributed by atoms with Crippen LogP contribution in [0.2, 0.25) is 0 Å². The second kappa shape index (κ2) is 8.30. The van der Waals surface area contributed by atoms with Gasteiger partial charge in [-0.25, -0.2) is 13.2 Å². The van der Waals surface area contributed by atoms with Crippen LogP contribution in [0, 0.1) is 0 Å². The van der Waals surface area contributed by atoms with Crippen molar-refractivity contribution in [3.05, 3.63) is 58.4 Å². The van der Waals surface area contributed by atoms with Crippen molar-refractivity contribution < 1.29 is 22.7 Å². The maximum atomic E-state index is 12.7. The lowest BCUT2D eigenvalue weighted by atomic mass is 10.2. The van der Waals surface area contributed by atoms with Gasteiger partial charge in [0.05, 0.1) is 33.5 Å². The van der Waals surface area contributed by atoms with E-state index in [1.54, 1.807) is 31.2 Å². The number of fused-ring (bicyclic) bond motifs is 1. The molecule has 1 aromatic heterocycles. The molecule has 9 heteroatoms. The number of sulfone groups is 1. The number of hydrogen-bond donors (Lipinski definition) is 0. The summed E-state index contributed by atoms with van der Waals surface area (Å²) < 4.78 is 31.6. The summed E-state index contributed by atoms with van der Waals surface area (Å²) in [5, 5.41) is 0. The Morgan fingerprint density at radius 1 is 1.10 bits per heavy atom.